The highest BCUT2D eigenvalue weighted by atomic mass is 16.5. The lowest BCUT2D eigenvalue weighted by atomic mass is 9.89. The Morgan fingerprint density at radius 2 is 1.85 bits per heavy atom. The number of aliphatic carboxylic acids is 1. The number of allylic oxidation sites excluding steroid dienone is 4. The van der Waals surface area contributed by atoms with Crippen molar-refractivity contribution in [1.82, 2.24) is 0 Å². The lowest BCUT2D eigenvalue weighted by Gasteiger charge is -2.16. The second-order valence-corrected chi connectivity index (χ2v) is 5.21. The van der Waals surface area contributed by atoms with Crippen LogP contribution in [0.5, 0.6) is 0 Å². The number of carbonyl (C=O) groups excluding carboxylic acids is 1. The van der Waals surface area contributed by atoms with E-state index in [1.54, 1.807) is 0 Å². The first-order valence-electron chi connectivity index (χ1n) is 6.94. The van der Waals surface area contributed by atoms with E-state index in [0.29, 0.717) is 0 Å². The van der Waals surface area contributed by atoms with Crippen LogP contribution in [0, 0.1) is 11.8 Å². The highest BCUT2D eigenvalue weighted by Gasteiger charge is 2.26. The van der Waals surface area contributed by atoms with Gasteiger partial charge >= 0.3 is 11.9 Å². The van der Waals surface area contributed by atoms with Crippen LogP contribution < -0.4 is 0 Å². The summed E-state index contributed by atoms with van der Waals surface area (Å²) in [4.78, 5) is 22.5. The summed E-state index contributed by atoms with van der Waals surface area (Å²) < 4.78 is 4.55. The van der Waals surface area contributed by atoms with Crippen LogP contribution in [0.4, 0.5) is 0 Å². The molecule has 0 aliphatic heterocycles. The fourth-order valence-electron chi connectivity index (χ4n) is 1.87. The topological polar surface area (TPSA) is 63.6 Å². The Labute approximate surface area is 121 Å². The molecule has 2 unspecified atom stereocenters. The number of carbonyl (C=O) groups is 2. The van der Waals surface area contributed by atoms with Gasteiger partial charge in [0.15, 0.2) is 0 Å². The third-order valence-electron chi connectivity index (χ3n) is 3.44. The first kappa shape index (κ1) is 18.4. The molecule has 20 heavy (non-hydrogen) atoms. The third-order valence-corrected chi connectivity index (χ3v) is 3.44. The van der Waals surface area contributed by atoms with Gasteiger partial charge in [-0.3, -0.25) is 9.59 Å². The van der Waals surface area contributed by atoms with E-state index in [9.17, 15) is 14.7 Å². The number of hydrogen-bond donors (Lipinski definition) is 1. The number of rotatable bonds is 8. The van der Waals surface area contributed by atoms with Gasteiger partial charge in [-0.05, 0) is 32.6 Å². The molecule has 114 valence electrons. The molecule has 0 radical (unpaired) electrons. The lowest BCUT2D eigenvalue weighted by molar-refractivity contribution is -0.151. The molecule has 0 heterocycles. The zero-order chi connectivity index (χ0) is 15.7. The van der Waals surface area contributed by atoms with Crippen LogP contribution in [-0.2, 0) is 14.3 Å². The number of ether oxygens (including phenoxy) is 1. The van der Waals surface area contributed by atoms with Crippen molar-refractivity contribution in [2.45, 2.75) is 47.0 Å². The van der Waals surface area contributed by atoms with Gasteiger partial charge in [0.25, 0.3) is 0 Å². The summed E-state index contributed by atoms with van der Waals surface area (Å²) in [5.74, 6) is -2.40. The summed E-state index contributed by atoms with van der Waals surface area (Å²) in [6, 6.07) is 0. The van der Waals surface area contributed by atoms with Gasteiger partial charge < -0.3 is 9.84 Å². The lowest BCUT2D eigenvalue weighted by Crippen LogP contribution is -2.24. The Bertz CT molecular complexity index is 393. The Hall–Kier alpha value is -1.58. The Morgan fingerprint density at radius 1 is 1.25 bits per heavy atom. The standard InChI is InChI=1S/C16H26O4/c1-6-11(2)7-8-12(3)9-13(4)14(16(18)19)10-15(17)20-5/h7,9,13-14H,6,8,10H2,1-5H3,(H,18,19). The molecule has 0 spiro atoms. The van der Waals surface area contributed by atoms with Crippen LogP contribution in [0.15, 0.2) is 23.3 Å². The van der Waals surface area contributed by atoms with Crippen molar-refractivity contribution in [1.29, 1.82) is 0 Å². The van der Waals surface area contributed by atoms with Crippen LogP contribution in [0.1, 0.15) is 47.0 Å². The average Bonchev–Trinajstić information content (AvgIpc) is 2.40. The fourth-order valence-corrected chi connectivity index (χ4v) is 1.87. The van der Waals surface area contributed by atoms with Gasteiger partial charge in [-0.25, -0.2) is 0 Å². The van der Waals surface area contributed by atoms with Crippen molar-refractivity contribution in [3.05, 3.63) is 23.3 Å². The van der Waals surface area contributed by atoms with Gasteiger partial charge in [-0.2, -0.15) is 0 Å². The predicted molar refractivity (Wildman–Crippen MR) is 79.3 cm³/mol. The van der Waals surface area contributed by atoms with Crippen molar-refractivity contribution in [2.75, 3.05) is 7.11 Å². The summed E-state index contributed by atoms with van der Waals surface area (Å²) in [6.45, 7) is 7.98. The Kier molecular flexibility index (Phi) is 8.61. The van der Waals surface area contributed by atoms with Gasteiger partial charge in [0.2, 0.25) is 0 Å². The quantitative estimate of drug-likeness (QED) is 0.546. The van der Waals surface area contributed by atoms with Gasteiger partial charge in [-0.1, -0.05) is 37.1 Å². The zero-order valence-electron chi connectivity index (χ0n) is 13.1. The van der Waals surface area contributed by atoms with E-state index in [4.69, 9.17) is 0 Å². The van der Waals surface area contributed by atoms with E-state index in [1.165, 1.54) is 12.7 Å². The monoisotopic (exact) mass is 282 g/mol. The molecule has 4 nitrogen and oxygen atoms in total. The molecule has 0 aromatic carbocycles. The maximum Gasteiger partial charge on any atom is 0.307 e. The van der Waals surface area contributed by atoms with E-state index < -0.39 is 17.9 Å². The molecule has 0 aliphatic carbocycles. The van der Waals surface area contributed by atoms with Crippen molar-refractivity contribution in [2.24, 2.45) is 11.8 Å². The van der Waals surface area contributed by atoms with Crippen LogP contribution in [0.3, 0.4) is 0 Å². The minimum atomic E-state index is -0.966. The highest BCUT2D eigenvalue weighted by Crippen LogP contribution is 2.21. The molecular weight excluding hydrogens is 256 g/mol. The van der Waals surface area contributed by atoms with Crippen LogP contribution in [-0.4, -0.2) is 24.2 Å². The number of esters is 1. The summed E-state index contributed by atoms with van der Waals surface area (Å²) in [5, 5.41) is 9.21. The number of methoxy groups -OCH3 is 1. The molecule has 1 N–H and O–H groups in total. The molecule has 4 heteroatoms. The van der Waals surface area contributed by atoms with E-state index in [0.717, 1.165) is 18.4 Å². The minimum absolute atomic E-state index is 0.0966. The molecule has 0 saturated carbocycles. The number of hydrogen-bond acceptors (Lipinski definition) is 3. The minimum Gasteiger partial charge on any atom is -0.481 e. The van der Waals surface area contributed by atoms with E-state index >= 15 is 0 Å². The molecule has 0 fully saturated rings. The maximum atomic E-state index is 11.3. The second-order valence-electron chi connectivity index (χ2n) is 5.21. The summed E-state index contributed by atoms with van der Waals surface area (Å²) in [5.41, 5.74) is 2.43. The first-order chi connectivity index (χ1) is 9.31. The molecule has 0 saturated heterocycles. The molecule has 0 rings (SSSR count). The molecule has 0 aromatic heterocycles. The highest BCUT2D eigenvalue weighted by molar-refractivity contribution is 5.79. The van der Waals surface area contributed by atoms with Crippen LogP contribution >= 0.6 is 0 Å². The van der Waals surface area contributed by atoms with Crippen molar-refractivity contribution in [3.8, 4) is 0 Å². The van der Waals surface area contributed by atoms with Crippen LogP contribution in [0.25, 0.3) is 0 Å². The molecule has 2 atom stereocenters. The van der Waals surface area contributed by atoms with Crippen molar-refractivity contribution in [3.63, 3.8) is 0 Å². The van der Waals surface area contributed by atoms with Crippen molar-refractivity contribution >= 4 is 11.9 Å². The largest absolute Gasteiger partial charge is 0.481 e. The van der Waals surface area contributed by atoms with Gasteiger partial charge in [0, 0.05) is 0 Å². The summed E-state index contributed by atoms with van der Waals surface area (Å²) in [6.07, 6.45) is 5.81. The van der Waals surface area contributed by atoms with E-state index in [-0.39, 0.29) is 12.3 Å². The third kappa shape index (κ3) is 7.12. The normalized spacial score (nSPS) is 15.7. The fraction of sp³-hybridized carbons (Fsp3) is 0.625. The van der Waals surface area contributed by atoms with Crippen LogP contribution in [0.2, 0.25) is 0 Å². The molecule has 0 bridgehead atoms. The predicted octanol–water partition coefficient (Wildman–Crippen LogP) is 3.58. The first-order valence-corrected chi connectivity index (χ1v) is 6.94. The molecular formula is C16H26O4. The van der Waals surface area contributed by atoms with Gasteiger partial charge in [-0.15, -0.1) is 0 Å². The molecule has 0 aliphatic rings. The summed E-state index contributed by atoms with van der Waals surface area (Å²) >= 11 is 0. The Morgan fingerprint density at radius 3 is 2.30 bits per heavy atom. The zero-order valence-corrected chi connectivity index (χ0v) is 13.1. The maximum absolute atomic E-state index is 11.3. The van der Waals surface area contributed by atoms with E-state index in [2.05, 4.69) is 24.7 Å². The van der Waals surface area contributed by atoms with Gasteiger partial charge in [0.1, 0.15) is 0 Å². The molecule has 0 amide bonds. The second kappa shape index (κ2) is 9.34. The van der Waals surface area contributed by atoms with E-state index in [1.807, 2.05) is 19.9 Å². The molecule has 0 aromatic rings. The summed E-state index contributed by atoms with van der Waals surface area (Å²) in [7, 11) is 1.27. The van der Waals surface area contributed by atoms with Crippen molar-refractivity contribution < 1.29 is 19.4 Å². The Balaban J connectivity index is 4.77. The smallest absolute Gasteiger partial charge is 0.307 e. The SMILES string of the molecule is CCC(C)=CCC(C)=CC(C)C(CC(=O)OC)C(=O)O. The number of carboxylic acid groups (broad SMARTS) is 1. The number of carboxylic acids is 1. The average molecular weight is 282 g/mol. The van der Waals surface area contributed by atoms with Gasteiger partial charge in [0.05, 0.1) is 19.4 Å².